The molecule has 0 aliphatic carbocycles. The molecule has 6 heteroatoms. The fourth-order valence-electron chi connectivity index (χ4n) is 3.27. The highest BCUT2D eigenvalue weighted by Crippen LogP contribution is 2.30. The number of methoxy groups -OCH3 is 2. The highest BCUT2D eigenvalue weighted by atomic mass is 16.5. The lowest BCUT2D eigenvalue weighted by atomic mass is 9.82. The predicted octanol–water partition coefficient (Wildman–Crippen LogP) is 2.74. The second kappa shape index (κ2) is 8.23. The van der Waals surface area contributed by atoms with Crippen LogP contribution in [0.2, 0.25) is 0 Å². The van der Waals surface area contributed by atoms with Crippen molar-refractivity contribution in [3.63, 3.8) is 0 Å². The maximum atomic E-state index is 12.4. The van der Waals surface area contributed by atoms with E-state index in [0.717, 1.165) is 29.9 Å². The van der Waals surface area contributed by atoms with E-state index >= 15 is 0 Å². The summed E-state index contributed by atoms with van der Waals surface area (Å²) in [5, 5.41) is 9.36. The Morgan fingerprint density at radius 3 is 2.68 bits per heavy atom. The lowest BCUT2D eigenvalue weighted by molar-refractivity contribution is -0.153. The van der Waals surface area contributed by atoms with E-state index < -0.39 is 11.4 Å². The van der Waals surface area contributed by atoms with Crippen LogP contribution < -0.4 is 9.47 Å². The van der Waals surface area contributed by atoms with Crippen molar-refractivity contribution in [2.75, 3.05) is 27.3 Å². The largest absolute Gasteiger partial charge is 0.497 e. The number of benzene rings is 1. The number of hydrogen-bond donors (Lipinski definition) is 1. The second-order valence-corrected chi connectivity index (χ2v) is 6.82. The molecule has 0 aromatic heterocycles. The van der Waals surface area contributed by atoms with Gasteiger partial charge in [-0.3, -0.25) is 9.59 Å². The van der Waals surface area contributed by atoms with Crippen LogP contribution in [0.25, 0.3) is 0 Å². The van der Waals surface area contributed by atoms with E-state index in [4.69, 9.17) is 9.47 Å². The summed E-state index contributed by atoms with van der Waals surface area (Å²) < 4.78 is 10.6. The lowest BCUT2D eigenvalue weighted by Crippen LogP contribution is -2.48. The molecule has 1 amide bonds. The Hall–Kier alpha value is -2.24. The molecule has 1 aliphatic rings. The molecule has 1 aromatic carbocycles. The van der Waals surface area contributed by atoms with E-state index in [9.17, 15) is 14.7 Å². The third-order valence-corrected chi connectivity index (χ3v) is 4.90. The van der Waals surface area contributed by atoms with Crippen molar-refractivity contribution in [1.82, 2.24) is 4.90 Å². The summed E-state index contributed by atoms with van der Waals surface area (Å²) in [6.07, 6.45) is 3.19. The van der Waals surface area contributed by atoms with Gasteiger partial charge < -0.3 is 19.5 Å². The average molecular weight is 349 g/mol. The minimum atomic E-state index is -0.826. The number of nitrogens with zero attached hydrogens (tertiary/aromatic N) is 1. The Kier molecular flexibility index (Phi) is 6.28. The third-order valence-electron chi connectivity index (χ3n) is 4.90. The number of piperidine rings is 1. The molecular weight excluding hydrogens is 322 g/mol. The molecule has 1 N–H and O–H groups in total. The van der Waals surface area contributed by atoms with Crippen molar-refractivity contribution in [2.24, 2.45) is 5.41 Å². The van der Waals surface area contributed by atoms with E-state index in [1.165, 1.54) is 0 Å². The summed E-state index contributed by atoms with van der Waals surface area (Å²) in [4.78, 5) is 25.5. The van der Waals surface area contributed by atoms with E-state index in [1.807, 2.05) is 18.2 Å². The monoisotopic (exact) mass is 349 g/mol. The molecule has 6 nitrogen and oxygen atoms in total. The van der Waals surface area contributed by atoms with Crippen LogP contribution in [-0.2, 0) is 16.0 Å². The molecule has 0 bridgehead atoms. The van der Waals surface area contributed by atoms with Crippen LogP contribution in [-0.4, -0.2) is 49.2 Å². The van der Waals surface area contributed by atoms with Gasteiger partial charge in [0.25, 0.3) is 0 Å². The summed E-state index contributed by atoms with van der Waals surface area (Å²) in [5.41, 5.74) is 0.206. The Labute approximate surface area is 148 Å². The molecule has 1 atom stereocenters. The number of ether oxygens (including phenoxy) is 2. The minimum Gasteiger partial charge on any atom is -0.497 e. The molecule has 0 radical (unpaired) electrons. The molecule has 1 aliphatic heterocycles. The number of aryl methyl sites for hydroxylation is 1. The van der Waals surface area contributed by atoms with Gasteiger partial charge >= 0.3 is 5.97 Å². The van der Waals surface area contributed by atoms with Crippen molar-refractivity contribution in [1.29, 1.82) is 0 Å². The topological polar surface area (TPSA) is 76.1 Å². The van der Waals surface area contributed by atoms with Gasteiger partial charge in [-0.1, -0.05) is 6.07 Å². The van der Waals surface area contributed by atoms with Crippen LogP contribution in [0.3, 0.4) is 0 Å². The van der Waals surface area contributed by atoms with Crippen LogP contribution in [0.4, 0.5) is 0 Å². The summed E-state index contributed by atoms with van der Waals surface area (Å²) in [5.74, 6) is 0.689. The summed E-state index contributed by atoms with van der Waals surface area (Å²) >= 11 is 0. The molecule has 2 rings (SSSR count). The SMILES string of the molecule is COc1ccc(CCCC(=O)N2CCCC(C)(C(=O)O)C2)c(OC)c1. The summed E-state index contributed by atoms with van der Waals surface area (Å²) in [6, 6.07) is 5.66. The van der Waals surface area contributed by atoms with Gasteiger partial charge in [0.2, 0.25) is 5.91 Å². The van der Waals surface area contributed by atoms with E-state index in [2.05, 4.69) is 0 Å². The van der Waals surface area contributed by atoms with Gasteiger partial charge in [0.05, 0.1) is 19.6 Å². The molecule has 138 valence electrons. The maximum absolute atomic E-state index is 12.4. The van der Waals surface area contributed by atoms with Crippen LogP contribution >= 0.6 is 0 Å². The first-order valence-corrected chi connectivity index (χ1v) is 8.61. The lowest BCUT2D eigenvalue weighted by Gasteiger charge is -2.37. The van der Waals surface area contributed by atoms with Gasteiger partial charge in [0.15, 0.2) is 0 Å². The number of hydrogen-bond acceptors (Lipinski definition) is 4. The molecule has 1 heterocycles. The Bertz CT molecular complexity index is 630. The first-order valence-electron chi connectivity index (χ1n) is 8.61. The molecule has 1 fully saturated rings. The number of rotatable bonds is 7. The maximum Gasteiger partial charge on any atom is 0.311 e. The van der Waals surface area contributed by atoms with Crippen LogP contribution in [0.5, 0.6) is 11.5 Å². The van der Waals surface area contributed by atoms with Crippen molar-refractivity contribution in [3.05, 3.63) is 23.8 Å². The zero-order chi connectivity index (χ0) is 18.4. The third kappa shape index (κ3) is 4.65. The zero-order valence-electron chi connectivity index (χ0n) is 15.2. The van der Waals surface area contributed by atoms with Crippen molar-refractivity contribution in [2.45, 2.75) is 39.0 Å². The van der Waals surface area contributed by atoms with Crippen LogP contribution in [0, 0.1) is 5.41 Å². The summed E-state index contributed by atoms with van der Waals surface area (Å²) in [6.45, 7) is 2.66. The van der Waals surface area contributed by atoms with Crippen molar-refractivity contribution < 1.29 is 24.2 Å². The predicted molar refractivity (Wildman–Crippen MR) is 94.0 cm³/mol. The van der Waals surface area contributed by atoms with Crippen LogP contribution in [0.1, 0.15) is 38.2 Å². The number of carbonyl (C=O) groups is 2. The summed E-state index contributed by atoms with van der Waals surface area (Å²) in [7, 11) is 3.22. The van der Waals surface area contributed by atoms with E-state index in [0.29, 0.717) is 32.4 Å². The quantitative estimate of drug-likeness (QED) is 0.819. The Balaban J connectivity index is 1.89. The van der Waals surface area contributed by atoms with Gasteiger partial charge in [0.1, 0.15) is 11.5 Å². The van der Waals surface area contributed by atoms with Gasteiger partial charge in [-0.2, -0.15) is 0 Å². The number of carboxylic acid groups (broad SMARTS) is 1. The molecule has 25 heavy (non-hydrogen) atoms. The highest BCUT2D eigenvalue weighted by molar-refractivity contribution is 5.79. The molecule has 1 saturated heterocycles. The fraction of sp³-hybridized carbons (Fsp3) is 0.579. The van der Waals surface area contributed by atoms with Gasteiger partial charge in [-0.05, 0) is 44.2 Å². The first kappa shape index (κ1) is 19.1. The van der Waals surface area contributed by atoms with Crippen molar-refractivity contribution >= 4 is 11.9 Å². The van der Waals surface area contributed by atoms with Crippen LogP contribution in [0.15, 0.2) is 18.2 Å². The minimum absolute atomic E-state index is 0.0275. The first-order chi connectivity index (χ1) is 11.9. The normalized spacial score (nSPS) is 20.2. The number of likely N-dealkylation sites (tertiary alicyclic amines) is 1. The van der Waals surface area contributed by atoms with Gasteiger partial charge in [-0.15, -0.1) is 0 Å². The van der Waals surface area contributed by atoms with Crippen molar-refractivity contribution in [3.8, 4) is 11.5 Å². The molecule has 1 aromatic rings. The number of carbonyl (C=O) groups excluding carboxylic acids is 1. The number of aliphatic carboxylic acids is 1. The van der Waals surface area contributed by atoms with E-state index in [-0.39, 0.29) is 5.91 Å². The van der Waals surface area contributed by atoms with E-state index in [1.54, 1.807) is 26.0 Å². The Morgan fingerprint density at radius 2 is 2.04 bits per heavy atom. The second-order valence-electron chi connectivity index (χ2n) is 6.82. The van der Waals surface area contributed by atoms with Gasteiger partial charge in [0, 0.05) is 25.6 Å². The Morgan fingerprint density at radius 1 is 1.28 bits per heavy atom. The fourth-order valence-corrected chi connectivity index (χ4v) is 3.27. The molecule has 0 saturated carbocycles. The standard InChI is InChI=1S/C19H27NO5/c1-19(18(22)23)10-5-11-20(13-19)17(21)7-4-6-14-8-9-15(24-2)12-16(14)25-3/h8-9,12H,4-7,10-11,13H2,1-3H3,(H,22,23). The zero-order valence-corrected chi connectivity index (χ0v) is 15.2. The molecule has 0 spiro atoms. The average Bonchev–Trinajstić information content (AvgIpc) is 2.61. The smallest absolute Gasteiger partial charge is 0.311 e. The highest BCUT2D eigenvalue weighted by Gasteiger charge is 2.39. The molecule has 1 unspecified atom stereocenters. The number of carboxylic acids is 1. The van der Waals surface area contributed by atoms with Gasteiger partial charge in [-0.25, -0.2) is 0 Å². The number of amides is 1. The molecular formula is C19H27NO5.